The van der Waals surface area contributed by atoms with E-state index in [0.717, 1.165) is 5.56 Å². The van der Waals surface area contributed by atoms with Gasteiger partial charge in [-0.15, -0.1) is 13.2 Å². The average Bonchev–Trinajstić information content (AvgIpc) is 3.70. The molecule has 2 N–H and O–H groups in total. The number of ether oxygens (including phenoxy) is 2. The Labute approximate surface area is 296 Å². The number of aliphatic hydroxyl groups is 1. The Morgan fingerprint density at radius 3 is 2.41 bits per heavy atom. The second-order valence-corrected chi connectivity index (χ2v) is 14.5. The van der Waals surface area contributed by atoms with Crippen LogP contribution >= 0.6 is 15.9 Å². The van der Waals surface area contributed by atoms with Crippen LogP contribution in [0.3, 0.4) is 0 Å². The number of esters is 1. The zero-order valence-electron chi connectivity index (χ0n) is 28.1. The number of likely N-dealkylation sites (tertiary alicyclic amines) is 1. The van der Waals surface area contributed by atoms with Crippen LogP contribution in [0.1, 0.15) is 50.3 Å². The lowest BCUT2D eigenvalue weighted by Gasteiger charge is -2.40. The number of nitrogens with one attached hydrogen (secondary N) is 1. The summed E-state index contributed by atoms with van der Waals surface area (Å²) in [7, 11) is 0. The summed E-state index contributed by atoms with van der Waals surface area (Å²) < 4.78 is 12.9. The molecule has 0 aromatic heterocycles. The minimum atomic E-state index is -1.34. The number of benzene rings is 2. The van der Waals surface area contributed by atoms with Gasteiger partial charge in [-0.25, -0.2) is 0 Å². The molecule has 10 nitrogen and oxygen atoms in total. The first-order chi connectivity index (χ1) is 23.6. The SMILES string of the molecule is C=CCCC(=O)NC[C@@H](OC(=O)[C@H]1[C@@H]2O[C@@]3(CC2Br)[C@@H]1C(=O)N([C@@H](CO)Cc1ccccc1)[C@@H]3C(=O)N(CC=C)C(C)C)c1ccccc1. The highest BCUT2D eigenvalue weighted by Crippen LogP contribution is 2.61. The van der Waals surface area contributed by atoms with Crippen LogP contribution in [-0.2, 0) is 35.1 Å². The van der Waals surface area contributed by atoms with Crippen LogP contribution in [0.25, 0.3) is 0 Å². The highest BCUT2D eigenvalue weighted by molar-refractivity contribution is 9.09. The van der Waals surface area contributed by atoms with Crippen LogP contribution in [0.5, 0.6) is 0 Å². The normalized spacial score (nSPS) is 26.6. The highest BCUT2D eigenvalue weighted by Gasteiger charge is 2.77. The lowest BCUT2D eigenvalue weighted by atomic mass is 9.70. The molecule has 11 heteroatoms. The number of fused-ring (bicyclic) bond motifs is 1. The Morgan fingerprint density at radius 1 is 1.12 bits per heavy atom. The minimum Gasteiger partial charge on any atom is -0.455 e. The summed E-state index contributed by atoms with van der Waals surface area (Å²) in [6.07, 6.45) is 3.12. The molecule has 3 aliphatic rings. The van der Waals surface area contributed by atoms with Gasteiger partial charge >= 0.3 is 5.97 Å². The Hall–Kier alpha value is -3.80. The summed E-state index contributed by atoms with van der Waals surface area (Å²) in [5.74, 6) is -3.65. The molecule has 1 spiro atoms. The van der Waals surface area contributed by atoms with Crippen LogP contribution in [0.4, 0.5) is 0 Å². The van der Waals surface area contributed by atoms with Crippen molar-refractivity contribution < 1.29 is 33.8 Å². The predicted molar refractivity (Wildman–Crippen MR) is 188 cm³/mol. The number of carbonyl (C=O) groups is 4. The van der Waals surface area contributed by atoms with Crippen molar-refractivity contribution in [2.45, 2.75) is 80.3 Å². The van der Waals surface area contributed by atoms with Crippen molar-refractivity contribution in [1.29, 1.82) is 0 Å². The Bertz CT molecular complexity index is 1520. The van der Waals surface area contributed by atoms with E-state index >= 15 is 0 Å². The van der Waals surface area contributed by atoms with Crippen molar-refractivity contribution in [3.63, 3.8) is 0 Å². The quantitative estimate of drug-likeness (QED) is 0.151. The Morgan fingerprint density at radius 2 is 1.80 bits per heavy atom. The number of hydrogen-bond donors (Lipinski definition) is 2. The number of amides is 3. The summed E-state index contributed by atoms with van der Waals surface area (Å²) in [6, 6.07) is 16.5. The number of halogens is 1. The zero-order valence-corrected chi connectivity index (χ0v) is 29.7. The van der Waals surface area contributed by atoms with Gasteiger partial charge in [-0.05, 0) is 44.2 Å². The van der Waals surface area contributed by atoms with Crippen molar-refractivity contribution in [3.05, 3.63) is 97.1 Å². The van der Waals surface area contributed by atoms with Gasteiger partial charge in [0.25, 0.3) is 0 Å². The monoisotopic (exact) mass is 735 g/mol. The molecule has 8 atom stereocenters. The second-order valence-electron chi connectivity index (χ2n) is 13.3. The second kappa shape index (κ2) is 15.8. The number of carbonyl (C=O) groups excluding carboxylic acids is 4. The van der Waals surface area contributed by atoms with Crippen molar-refractivity contribution in [3.8, 4) is 0 Å². The lowest BCUT2D eigenvalue weighted by Crippen LogP contribution is -2.60. The topological polar surface area (TPSA) is 125 Å². The molecule has 5 rings (SSSR count). The Balaban J connectivity index is 1.51. The van der Waals surface area contributed by atoms with Crippen molar-refractivity contribution >= 4 is 39.6 Å². The number of hydrogen-bond acceptors (Lipinski definition) is 7. The van der Waals surface area contributed by atoms with Crippen LogP contribution in [0, 0.1) is 11.8 Å². The average molecular weight is 737 g/mol. The standard InChI is InChI=1S/C38H46BrN3O7/c1-5-7-18-30(44)40-22-29(26-16-12-9-13-17-26)48-37(47)31-32-35(45)42(27(23-43)20-25-14-10-8-11-15-25)34(36(46)41(19-6-2)24(3)4)38(32)21-28(39)33(31)49-38/h5-6,8-17,24,27-29,31-34,43H,1-2,7,18-23H2,3-4H3,(H,40,44)/t27-,28?,29-,31-,32+,33-,34-,38+/m1/s1. The fourth-order valence-electron chi connectivity index (χ4n) is 7.64. The van der Waals surface area contributed by atoms with Gasteiger partial charge in [0.2, 0.25) is 17.7 Å². The summed E-state index contributed by atoms with van der Waals surface area (Å²) in [5, 5.41) is 13.6. The molecule has 2 aromatic rings. The molecule has 0 radical (unpaired) electrons. The summed E-state index contributed by atoms with van der Waals surface area (Å²) in [6.45, 7) is 11.2. The maximum atomic E-state index is 14.8. The van der Waals surface area contributed by atoms with E-state index in [-0.39, 0.29) is 42.2 Å². The summed E-state index contributed by atoms with van der Waals surface area (Å²) in [4.78, 5) is 59.0. The largest absolute Gasteiger partial charge is 0.455 e. The Kier molecular flexibility index (Phi) is 11.8. The zero-order chi connectivity index (χ0) is 35.3. The number of alkyl halides is 1. The number of aliphatic hydroxyl groups excluding tert-OH is 1. The third-order valence-corrected chi connectivity index (χ3v) is 10.7. The van der Waals surface area contributed by atoms with E-state index in [1.54, 1.807) is 17.1 Å². The van der Waals surface area contributed by atoms with Gasteiger partial charge in [0.15, 0.2) is 0 Å². The molecule has 0 aliphatic carbocycles. The van der Waals surface area contributed by atoms with Crippen molar-refractivity contribution in [2.75, 3.05) is 19.7 Å². The van der Waals surface area contributed by atoms with Gasteiger partial charge in [0, 0.05) is 23.8 Å². The third kappa shape index (κ3) is 7.25. The summed E-state index contributed by atoms with van der Waals surface area (Å²) >= 11 is 3.72. The van der Waals surface area contributed by atoms with E-state index in [2.05, 4.69) is 34.4 Å². The smallest absolute Gasteiger partial charge is 0.313 e. The fourth-order valence-corrected chi connectivity index (χ4v) is 8.58. The third-order valence-electron chi connectivity index (χ3n) is 9.87. The van der Waals surface area contributed by atoms with Crippen LogP contribution in [-0.4, -0.2) is 93.0 Å². The van der Waals surface area contributed by atoms with Crippen molar-refractivity contribution in [2.24, 2.45) is 11.8 Å². The van der Waals surface area contributed by atoms with E-state index in [4.69, 9.17) is 9.47 Å². The van der Waals surface area contributed by atoms with Gasteiger partial charge in [0.05, 0.1) is 37.1 Å². The lowest BCUT2D eigenvalue weighted by molar-refractivity contribution is -0.161. The van der Waals surface area contributed by atoms with E-state index < -0.39 is 60.2 Å². The van der Waals surface area contributed by atoms with Crippen LogP contribution < -0.4 is 5.32 Å². The molecule has 2 aromatic carbocycles. The molecule has 0 saturated carbocycles. The first kappa shape index (κ1) is 36.5. The molecule has 1 unspecified atom stereocenters. The van der Waals surface area contributed by atoms with E-state index in [9.17, 15) is 24.3 Å². The fraction of sp³-hybridized carbons (Fsp3) is 0.474. The first-order valence-electron chi connectivity index (χ1n) is 16.9. The van der Waals surface area contributed by atoms with Gasteiger partial charge in [-0.1, -0.05) is 88.7 Å². The first-order valence-corrected chi connectivity index (χ1v) is 17.8. The van der Waals surface area contributed by atoms with Gasteiger partial charge < -0.3 is 29.7 Å². The van der Waals surface area contributed by atoms with E-state index in [1.807, 2.05) is 74.5 Å². The van der Waals surface area contributed by atoms with Gasteiger partial charge in [-0.3, -0.25) is 19.2 Å². The summed E-state index contributed by atoms with van der Waals surface area (Å²) in [5.41, 5.74) is 0.236. The predicted octanol–water partition coefficient (Wildman–Crippen LogP) is 4.13. The minimum absolute atomic E-state index is 0.0350. The molecule has 3 aliphatic heterocycles. The number of nitrogens with zero attached hydrogens (tertiary/aromatic N) is 2. The molecule has 2 bridgehead atoms. The van der Waals surface area contributed by atoms with E-state index in [0.29, 0.717) is 24.8 Å². The maximum Gasteiger partial charge on any atom is 0.313 e. The molecule has 3 saturated heterocycles. The molecular formula is C38H46BrN3O7. The highest BCUT2D eigenvalue weighted by atomic mass is 79.9. The number of allylic oxidation sites excluding steroid dienone is 1. The van der Waals surface area contributed by atoms with Crippen LogP contribution in [0.2, 0.25) is 0 Å². The molecule has 3 amide bonds. The van der Waals surface area contributed by atoms with Crippen LogP contribution in [0.15, 0.2) is 86.0 Å². The number of rotatable bonds is 16. The van der Waals surface area contributed by atoms with Crippen molar-refractivity contribution in [1.82, 2.24) is 15.1 Å². The van der Waals surface area contributed by atoms with E-state index in [1.165, 1.54) is 4.90 Å². The van der Waals surface area contributed by atoms with Gasteiger partial charge in [-0.2, -0.15) is 0 Å². The molecular weight excluding hydrogens is 690 g/mol. The molecule has 262 valence electrons. The van der Waals surface area contributed by atoms with Gasteiger partial charge in [0.1, 0.15) is 17.7 Å². The molecule has 3 fully saturated rings. The maximum absolute atomic E-state index is 14.8. The molecule has 49 heavy (non-hydrogen) atoms. The molecule has 3 heterocycles.